The van der Waals surface area contributed by atoms with Gasteiger partial charge in [-0.3, -0.25) is 4.98 Å². The number of benzene rings is 1. The zero-order valence-electron chi connectivity index (χ0n) is 10.2. The molecule has 0 bridgehead atoms. The van der Waals surface area contributed by atoms with Crippen molar-refractivity contribution in [3.8, 4) is 0 Å². The second-order valence-corrected chi connectivity index (χ2v) is 6.05. The number of aromatic carboxylic acids is 1. The molecule has 104 valence electrons. The van der Waals surface area contributed by atoms with Crippen LogP contribution < -0.4 is 0 Å². The maximum atomic E-state index is 12.8. The van der Waals surface area contributed by atoms with Crippen LogP contribution in [-0.2, 0) is 15.6 Å². The first-order valence-electron chi connectivity index (χ1n) is 5.55. The highest BCUT2D eigenvalue weighted by Crippen LogP contribution is 2.16. The van der Waals surface area contributed by atoms with Gasteiger partial charge in [0.2, 0.25) is 0 Å². The zero-order chi connectivity index (χ0) is 14.8. The maximum Gasteiger partial charge on any atom is 0.337 e. The Morgan fingerprint density at radius 1 is 1.15 bits per heavy atom. The van der Waals surface area contributed by atoms with Crippen LogP contribution in [0.2, 0.25) is 0 Å². The summed E-state index contributed by atoms with van der Waals surface area (Å²) in [5.74, 6) is -2.03. The third-order valence-electron chi connectivity index (χ3n) is 2.58. The Bertz CT molecular complexity index is 724. The van der Waals surface area contributed by atoms with Crippen LogP contribution in [0.4, 0.5) is 4.39 Å². The van der Waals surface area contributed by atoms with Gasteiger partial charge in [-0.15, -0.1) is 0 Å². The Balaban J connectivity index is 2.24. The average Bonchev–Trinajstić information content (AvgIpc) is 2.39. The molecule has 0 aliphatic rings. The Morgan fingerprint density at radius 3 is 2.30 bits per heavy atom. The second kappa shape index (κ2) is 5.38. The third-order valence-corrected chi connectivity index (χ3v) is 4.25. The number of halogens is 1. The summed E-state index contributed by atoms with van der Waals surface area (Å²) in [6.45, 7) is 0. The number of carboxylic acid groups (broad SMARTS) is 1. The van der Waals surface area contributed by atoms with E-state index in [-0.39, 0.29) is 21.9 Å². The molecular weight excluding hydrogens is 285 g/mol. The lowest BCUT2D eigenvalue weighted by atomic mass is 10.2. The van der Waals surface area contributed by atoms with Crippen molar-refractivity contribution in [2.24, 2.45) is 0 Å². The first kappa shape index (κ1) is 14.1. The molecule has 5 nitrogen and oxygen atoms in total. The van der Waals surface area contributed by atoms with Gasteiger partial charge in [-0.1, -0.05) is 0 Å². The van der Waals surface area contributed by atoms with Crippen LogP contribution in [0.5, 0.6) is 0 Å². The highest BCUT2D eigenvalue weighted by Gasteiger charge is 2.16. The van der Waals surface area contributed by atoms with Gasteiger partial charge in [0, 0.05) is 6.20 Å². The highest BCUT2D eigenvalue weighted by molar-refractivity contribution is 7.90. The average molecular weight is 295 g/mol. The van der Waals surface area contributed by atoms with Gasteiger partial charge in [-0.2, -0.15) is 0 Å². The van der Waals surface area contributed by atoms with Gasteiger partial charge in [0.15, 0.2) is 9.84 Å². The van der Waals surface area contributed by atoms with Gasteiger partial charge in [-0.05, 0) is 36.4 Å². The van der Waals surface area contributed by atoms with E-state index >= 15 is 0 Å². The fraction of sp³-hybridized carbons (Fsp3) is 0.0769. The Hall–Kier alpha value is -2.28. The Morgan fingerprint density at radius 2 is 1.80 bits per heavy atom. The van der Waals surface area contributed by atoms with Crippen LogP contribution in [0.1, 0.15) is 16.1 Å². The SMILES string of the molecule is O=C(O)c1ccc(CS(=O)(=O)c2ccc(F)cc2)nc1. The lowest BCUT2D eigenvalue weighted by Crippen LogP contribution is -2.07. The minimum absolute atomic E-state index is 0.0111. The standard InChI is InChI=1S/C13H10FNO4S/c14-10-2-5-12(6-3-10)20(18,19)8-11-4-1-9(7-15-11)13(16)17/h1-7H,8H2,(H,16,17). The summed E-state index contributed by atoms with van der Waals surface area (Å²) in [5.41, 5.74) is 0.201. The quantitative estimate of drug-likeness (QED) is 0.871. The number of sulfone groups is 1. The van der Waals surface area contributed by atoms with Gasteiger partial charge in [0.25, 0.3) is 0 Å². The summed E-state index contributed by atoms with van der Waals surface area (Å²) in [5, 5.41) is 8.72. The smallest absolute Gasteiger partial charge is 0.337 e. The van der Waals surface area contributed by atoms with E-state index in [4.69, 9.17) is 5.11 Å². The number of hydrogen-bond acceptors (Lipinski definition) is 4. The number of carboxylic acids is 1. The number of aromatic nitrogens is 1. The molecule has 0 saturated carbocycles. The molecule has 2 rings (SSSR count). The van der Waals surface area contributed by atoms with Crippen LogP contribution in [0.15, 0.2) is 47.5 Å². The van der Waals surface area contributed by atoms with Crippen molar-refractivity contribution in [3.63, 3.8) is 0 Å². The lowest BCUT2D eigenvalue weighted by Gasteiger charge is -2.04. The summed E-state index contributed by atoms with van der Waals surface area (Å²) < 4.78 is 36.9. The first-order chi connectivity index (χ1) is 9.38. The normalized spacial score (nSPS) is 11.2. The number of carbonyl (C=O) groups is 1. The minimum Gasteiger partial charge on any atom is -0.478 e. The first-order valence-corrected chi connectivity index (χ1v) is 7.20. The molecule has 0 saturated heterocycles. The summed E-state index contributed by atoms with van der Waals surface area (Å²) in [7, 11) is -3.64. The molecule has 0 aliphatic carbocycles. The van der Waals surface area contributed by atoms with E-state index in [1.54, 1.807) is 0 Å². The van der Waals surface area contributed by atoms with E-state index in [1.807, 2.05) is 0 Å². The van der Waals surface area contributed by atoms with Crippen molar-refractivity contribution in [2.45, 2.75) is 10.6 Å². The summed E-state index contributed by atoms with van der Waals surface area (Å²) >= 11 is 0. The molecule has 1 N–H and O–H groups in total. The fourth-order valence-electron chi connectivity index (χ4n) is 1.56. The van der Waals surface area contributed by atoms with Gasteiger partial charge in [0.1, 0.15) is 5.82 Å². The maximum absolute atomic E-state index is 12.8. The van der Waals surface area contributed by atoms with Gasteiger partial charge in [0.05, 0.1) is 21.9 Å². The van der Waals surface area contributed by atoms with Crippen molar-refractivity contribution in [1.82, 2.24) is 4.98 Å². The Labute approximate surface area is 114 Å². The van der Waals surface area contributed by atoms with Crippen LogP contribution in [0.25, 0.3) is 0 Å². The highest BCUT2D eigenvalue weighted by atomic mass is 32.2. The van der Waals surface area contributed by atoms with Crippen molar-refractivity contribution in [2.75, 3.05) is 0 Å². The van der Waals surface area contributed by atoms with E-state index < -0.39 is 21.6 Å². The second-order valence-electron chi connectivity index (χ2n) is 4.06. The third kappa shape index (κ3) is 3.18. The van der Waals surface area contributed by atoms with Crippen molar-refractivity contribution in [3.05, 3.63) is 59.7 Å². The van der Waals surface area contributed by atoms with Crippen molar-refractivity contribution in [1.29, 1.82) is 0 Å². The molecule has 0 atom stereocenters. The molecule has 1 aromatic carbocycles. The van der Waals surface area contributed by atoms with E-state index in [0.717, 1.165) is 18.3 Å². The van der Waals surface area contributed by atoms with E-state index in [9.17, 15) is 17.6 Å². The number of rotatable bonds is 4. The van der Waals surface area contributed by atoms with Crippen LogP contribution in [0.3, 0.4) is 0 Å². The van der Waals surface area contributed by atoms with E-state index in [1.165, 1.54) is 24.3 Å². The lowest BCUT2D eigenvalue weighted by molar-refractivity contribution is 0.0696. The molecule has 1 aromatic heterocycles. The largest absolute Gasteiger partial charge is 0.478 e. The Kier molecular flexibility index (Phi) is 3.80. The molecule has 0 fully saturated rings. The van der Waals surface area contributed by atoms with Crippen molar-refractivity contribution >= 4 is 15.8 Å². The molecule has 20 heavy (non-hydrogen) atoms. The molecule has 2 aromatic rings. The molecule has 0 spiro atoms. The molecule has 0 aliphatic heterocycles. The van der Waals surface area contributed by atoms with Crippen LogP contribution in [0, 0.1) is 5.82 Å². The fourth-order valence-corrected chi connectivity index (χ4v) is 2.83. The summed E-state index contributed by atoms with van der Waals surface area (Å²) in [6.07, 6.45) is 1.10. The van der Waals surface area contributed by atoms with E-state index in [0.29, 0.717) is 0 Å². The number of hydrogen-bond donors (Lipinski definition) is 1. The van der Waals surface area contributed by atoms with Crippen LogP contribution >= 0.6 is 0 Å². The van der Waals surface area contributed by atoms with Crippen molar-refractivity contribution < 1.29 is 22.7 Å². The number of nitrogens with zero attached hydrogens (tertiary/aromatic N) is 1. The molecule has 0 radical (unpaired) electrons. The summed E-state index contributed by atoms with van der Waals surface area (Å²) in [4.78, 5) is 14.4. The summed E-state index contributed by atoms with van der Waals surface area (Å²) in [6, 6.07) is 7.10. The van der Waals surface area contributed by atoms with Crippen LogP contribution in [-0.4, -0.2) is 24.5 Å². The monoisotopic (exact) mass is 295 g/mol. The molecule has 7 heteroatoms. The predicted octanol–water partition coefficient (Wildman–Crippen LogP) is 1.89. The van der Waals surface area contributed by atoms with Gasteiger partial charge in [-0.25, -0.2) is 17.6 Å². The number of pyridine rings is 1. The van der Waals surface area contributed by atoms with E-state index in [2.05, 4.69) is 4.98 Å². The molecular formula is C13H10FNO4S. The minimum atomic E-state index is -3.64. The molecule has 1 heterocycles. The topological polar surface area (TPSA) is 84.3 Å². The van der Waals surface area contributed by atoms with Gasteiger partial charge < -0.3 is 5.11 Å². The molecule has 0 unspecified atom stereocenters. The molecule has 0 amide bonds. The predicted molar refractivity (Wildman–Crippen MR) is 68.5 cm³/mol. The van der Waals surface area contributed by atoms with Gasteiger partial charge >= 0.3 is 5.97 Å². The zero-order valence-corrected chi connectivity index (χ0v) is 11.0.